The van der Waals surface area contributed by atoms with Crippen LogP contribution in [0.2, 0.25) is 5.02 Å². The first kappa shape index (κ1) is 11.9. The van der Waals surface area contributed by atoms with E-state index in [2.05, 4.69) is 4.90 Å². The summed E-state index contributed by atoms with van der Waals surface area (Å²) in [6, 6.07) is 7.29. The molecule has 0 spiro atoms. The van der Waals surface area contributed by atoms with Crippen LogP contribution in [0.15, 0.2) is 18.2 Å². The lowest BCUT2D eigenvalue weighted by atomic mass is 10.0. The summed E-state index contributed by atoms with van der Waals surface area (Å²) >= 11 is 6.00. The van der Waals surface area contributed by atoms with Crippen molar-refractivity contribution in [2.45, 2.75) is 25.3 Å². The molecule has 1 aromatic carbocycles. The molecule has 1 fully saturated rings. The van der Waals surface area contributed by atoms with Gasteiger partial charge in [0.25, 0.3) is 0 Å². The Morgan fingerprint density at radius 1 is 1.47 bits per heavy atom. The first-order chi connectivity index (χ1) is 8.26. The van der Waals surface area contributed by atoms with Crippen LogP contribution in [0.4, 0.5) is 5.69 Å². The van der Waals surface area contributed by atoms with Crippen molar-refractivity contribution >= 4 is 23.6 Å². The summed E-state index contributed by atoms with van der Waals surface area (Å²) in [5.41, 5.74) is 1.39. The summed E-state index contributed by atoms with van der Waals surface area (Å²) in [4.78, 5) is 13.1. The van der Waals surface area contributed by atoms with Gasteiger partial charge in [-0.15, -0.1) is 0 Å². The van der Waals surface area contributed by atoms with Gasteiger partial charge in [0.1, 0.15) is 12.4 Å². The molecule has 1 aliphatic rings. The van der Waals surface area contributed by atoms with Crippen molar-refractivity contribution in [1.82, 2.24) is 0 Å². The van der Waals surface area contributed by atoms with Crippen LogP contribution in [0, 0.1) is 11.3 Å². The number of carbonyl (C=O) groups is 1. The lowest BCUT2D eigenvalue weighted by Gasteiger charge is -2.34. The highest BCUT2D eigenvalue weighted by molar-refractivity contribution is 6.32. The predicted molar refractivity (Wildman–Crippen MR) is 67.2 cm³/mol. The van der Waals surface area contributed by atoms with Crippen LogP contribution < -0.4 is 4.90 Å². The van der Waals surface area contributed by atoms with Crippen LogP contribution in [0.3, 0.4) is 0 Å². The smallest absolute Gasteiger partial charge is 0.142 e. The highest BCUT2D eigenvalue weighted by Gasteiger charge is 2.22. The highest BCUT2D eigenvalue weighted by Crippen LogP contribution is 2.28. The zero-order valence-electron chi connectivity index (χ0n) is 9.40. The van der Waals surface area contributed by atoms with Gasteiger partial charge in [-0.2, -0.15) is 5.26 Å². The minimum absolute atomic E-state index is 0.0623. The quantitative estimate of drug-likeness (QED) is 0.756. The summed E-state index contributed by atoms with van der Waals surface area (Å²) in [5, 5.41) is 9.26. The van der Waals surface area contributed by atoms with Gasteiger partial charge in [-0.1, -0.05) is 11.6 Å². The van der Waals surface area contributed by atoms with Crippen LogP contribution in [0.5, 0.6) is 0 Å². The summed E-state index contributed by atoms with van der Waals surface area (Å²) in [6.07, 6.45) is 4.05. The van der Waals surface area contributed by atoms with E-state index in [1.807, 2.05) is 12.1 Å². The zero-order chi connectivity index (χ0) is 12.3. The molecule has 17 heavy (non-hydrogen) atoms. The van der Waals surface area contributed by atoms with Crippen LogP contribution in [0.1, 0.15) is 24.8 Å². The SMILES string of the molecule is N#Cc1ccc(N2CCCCC2C=O)cc1Cl. The number of aldehydes is 1. The molecule has 1 aliphatic heterocycles. The van der Waals surface area contributed by atoms with Gasteiger partial charge < -0.3 is 9.69 Å². The van der Waals surface area contributed by atoms with Crippen molar-refractivity contribution in [1.29, 1.82) is 5.26 Å². The van der Waals surface area contributed by atoms with E-state index in [-0.39, 0.29) is 6.04 Å². The number of rotatable bonds is 2. The van der Waals surface area contributed by atoms with E-state index in [4.69, 9.17) is 16.9 Å². The van der Waals surface area contributed by atoms with Crippen LogP contribution in [-0.4, -0.2) is 18.9 Å². The number of anilines is 1. The maximum absolute atomic E-state index is 11.0. The molecule has 88 valence electrons. The van der Waals surface area contributed by atoms with Gasteiger partial charge in [0.05, 0.1) is 16.6 Å². The van der Waals surface area contributed by atoms with Crippen LogP contribution in [-0.2, 0) is 4.79 Å². The van der Waals surface area contributed by atoms with Crippen molar-refractivity contribution in [2.75, 3.05) is 11.4 Å². The fourth-order valence-electron chi connectivity index (χ4n) is 2.19. The molecular weight excluding hydrogens is 236 g/mol. The number of nitrogens with zero attached hydrogens (tertiary/aromatic N) is 2. The van der Waals surface area contributed by atoms with E-state index in [9.17, 15) is 4.79 Å². The van der Waals surface area contributed by atoms with Crippen molar-refractivity contribution in [3.8, 4) is 6.07 Å². The molecule has 0 N–H and O–H groups in total. The normalized spacial score (nSPS) is 19.8. The van der Waals surface area contributed by atoms with Crippen LogP contribution in [0.25, 0.3) is 0 Å². The van der Waals surface area contributed by atoms with E-state index in [0.717, 1.165) is 37.8 Å². The predicted octanol–water partition coefficient (Wildman–Crippen LogP) is 2.77. The molecule has 1 unspecified atom stereocenters. The highest BCUT2D eigenvalue weighted by atomic mass is 35.5. The van der Waals surface area contributed by atoms with Gasteiger partial charge >= 0.3 is 0 Å². The summed E-state index contributed by atoms with van der Waals surface area (Å²) in [7, 11) is 0. The van der Waals surface area contributed by atoms with Crippen LogP contribution >= 0.6 is 11.6 Å². The van der Waals surface area contributed by atoms with E-state index >= 15 is 0 Å². The second-order valence-corrected chi connectivity index (χ2v) is 4.58. The van der Waals surface area contributed by atoms with Gasteiger partial charge in [0.2, 0.25) is 0 Å². The molecule has 1 saturated heterocycles. The average Bonchev–Trinajstić information content (AvgIpc) is 2.38. The van der Waals surface area contributed by atoms with Crippen molar-refractivity contribution in [3.05, 3.63) is 28.8 Å². The Morgan fingerprint density at radius 3 is 2.94 bits per heavy atom. The Kier molecular flexibility index (Phi) is 3.65. The van der Waals surface area contributed by atoms with Gasteiger partial charge in [-0.3, -0.25) is 0 Å². The molecule has 3 nitrogen and oxygen atoms in total. The molecule has 0 radical (unpaired) electrons. The molecule has 1 aromatic rings. The van der Waals surface area contributed by atoms with E-state index in [1.165, 1.54) is 0 Å². The third-order valence-electron chi connectivity index (χ3n) is 3.11. The topological polar surface area (TPSA) is 44.1 Å². The lowest BCUT2D eigenvalue weighted by Crippen LogP contribution is -2.40. The molecule has 1 heterocycles. The van der Waals surface area contributed by atoms with Gasteiger partial charge in [-0.25, -0.2) is 0 Å². The van der Waals surface area contributed by atoms with Crippen molar-refractivity contribution < 1.29 is 4.79 Å². The first-order valence-electron chi connectivity index (χ1n) is 5.68. The standard InChI is InChI=1S/C13H13ClN2O/c14-13-7-11(5-4-10(13)8-15)16-6-2-1-3-12(16)9-17/h4-5,7,9,12H,1-3,6H2. The summed E-state index contributed by atoms with van der Waals surface area (Å²) in [5.74, 6) is 0. The van der Waals surface area contributed by atoms with E-state index in [1.54, 1.807) is 12.1 Å². The Balaban J connectivity index is 2.29. The molecule has 0 aromatic heterocycles. The lowest BCUT2D eigenvalue weighted by molar-refractivity contribution is -0.109. The number of halogens is 1. The summed E-state index contributed by atoms with van der Waals surface area (Å²) in [6.45, 7) is 0.867. The minimum Gasteiger partial charge on any atom is -0.362 e. The average molecular weight is 249 g/mol. The second kappa shape index (κ2) is 5.20. The molecule has 1 atom stereocenters. The number of benzene rings is 1. The fourth-order valence-corrected chi connectivity index (χ4v) is 2.41. The second-order valence-electron chi connectivity index (χ2n) is 4.17. The van der Waals surface area contributed by atoms with Crippen molar-refractivity contribution in [2.24, 2.45) is 0 Å². The number of carbonyl (C=O) groups excluding carboxylic acids is 1. The molecular formula is C13H13ClN2O. The monoisotopic (exact) mass is 248 g/mol. The Hall–Kier alpha value is -1.53. The maximum atomic E-state index is 11.0. The van der Waals surface area contributed by atoms with Gasteiger partial charge in [0, 0.05) is 12.2 Å². The third-order valence-corrected chi connectivity index (χ3v) is 3.42. The fraction of sp³-hybridized carbons (Fsp3) is 0.385. The van der Waals surface area contributed by atoms with E-state index in [0.29, 0.717) is 10.6 Å². The molecule has 0 aliphatic carbocycles. The molecule has 0 amide bonds. The molecule has 2 rings (SSSR count). The Morgan fingerprint density at radius 2 is 2.29 bits per heavy atom. The number of nitriles is 1. The van der Waals surface area contributed by atoms with Crippen molar-refractivity contribution in [3.63, 3.8) is 0 Å². The largest absolute Gasteiger partial charge is 0.362 e. The molecule has 4 heteroatoms. The molecule has 0 bridgehead atoms. The number of hydrogen-bond acceptors (Lipinski definition) is 3. The summed E-state index contributed by atoms with van der Waals surface area (Å²) < 4.78 is 0. The van der Waals surface area contributed by atoms with Gasteiger partial charge in [-0.05, 0) is 37.5 Å². The number of hydrogen-bond donors (Lipinski definition) is 0. The minimum atomic E-state index is -0.0623. The van der Waals surface area contributed by atoms with Gasteiger partial charge in [0.15, 0.2) is 0 Å². The Labute approximate surface area is 106 Å². The zero-order valence-corrected chi connectivity index (χ0v) is 10.2. The van der Waals surface area contributed by atoms with E-state index < -0.39 is 0 Å². The third kappa shape index (κ3) is 2.42. The number of piperidine rings is 1. The Bertz CT molecular complexity index is 467. The maximum Gasteiger partial charge on any atom is 0.142 e. The first-order valence-corrected chi connectivity index (χ1v) is 6.05. The molecule has 0 saturated carbocycles.